The van der Waals surface area contributed by atoms with Gasteiger partial charge in [-0.05, 0) is 50.8 Å². The Kier molecular flexibility index (Phi) is 6.87. The number of nitrogens with zero attached hydrogens (tertiary/aromatic N) is 4. The Balaban J connectivity index is 1.49. The molecule has 0 bridgehead atoms. The number of carbonyl (C=O) groups excluding carboxylic acids is 2. The van der Waals surface area contributed by atoms with Gasteiger partial charge >= 0.3 is 0 Å². The van der Waals surface area contributed by atoms with Crippen molar-refractivity contribution in [3.05, 3.63) is 28.1 Å². The lowest BCUT2D eigenvalue weighted by molar-refractivity contribution is -0.137. The first-order valence-electron chi connectivity index (χ1n) is 10.9. The monoisotopic (exact) mass is 432 g/mol. The van der Waals surface area contributed by atoms with E-state index in [1.165, 1.54) is 16.2 Å². The van der Waals surface area contributed by atoms with Gasteiger partial charge < -0.3 is 14.5 Å². The van der Waals surface area contributed by atoms with E-state index in [0.717, 1.165) is 70.1 Å². The maximum absolute atomic E-state index is 13.4. The van der Waals surface area contributed by atoms with Gasteiger partial charge in [-0.15, -0.1) is 11.3 Å². The second kappa shape index (κ2) is 9.60. The number of carbonyl (C=O) groups is 2. The molecule has 0 radical (unpaired) electrons. The zero-order chi connectivity index (χ0) is 21.1. The number of ether oxygens (including phenoxy) is 1. The fraction of sp³-hybridized carbons (Fsp3) is 0.636. The van der Waals surface area contributed by atoms with E-state index in [1.54, 1.807) is 0 Å². The van der Waals surface area contributed by atoms with E-state index in [4.69, 9.17) is 4.74 Å². The van der Waals surface area contributed by atoms with E-state index in [-0.39, 0.29) is 17.9 Å². The predicted molar refractivity (Wildman–Crippen MR) is 118 cm³/mol. The summed E-state index contributed by atoms with van der Waals surface area (Å²) < 4.78 is 5.40. The average molecular weight is 433 g/mol. The van der Waals surface area contributed by atoms with E-state index >= 15 is 0 Å². The van der Waals surface area contributed by atoms with E-state index < -0.39 is 0 Å². The molecule has 4 heterocycles. The number of rotatable bonds is 7. The predicted octanol–water partition coefficient (Wildman–Crippen LogP) is 1.58. The van der Waals surface area contributed by atoms with Crippen LogP contribution < -0.4 is 0 Å². The zero-order valence-electron chi connectivity index (χ0n) is 18.0. The van der Waals surface area contributed by atoms with Crippen LogP contribution in [0, 0.1) is 0 Å². The standard InChI is InChI=1S/C22H32N4O3S/c1-23-10-6-17(7-11-23)24(2)20-19(18-5-3-16-30-18)21(27)26(22(20)28)9-4-8-25-12-14-29-15-13-25/h3,5,16-17H,4,6-15H2,1-2H3. The minimum absolute atomic E-state index is 0.133. The van der Waals surface area contributed by atoms with Crippen LogP contribution in [0.25, 0.3) is 5.57 Å². The van der Waals surface area contributed by atoms with Gasteiger partial charge in [0, 0.05) is 44.1 Å². The van der Waals surface area contributed by atoms with Crippen LogP contribution in [0.5, 0.6) is 0 Å². The number of morpholine rings is 1. The third-order valence-corrected chi connectivity index (χ3v) is 7.35. The van der Waals surface area contributed by atoms with Crippen LogP contribution >= 0.6 is 11.3 Å². The Labute approximate surface area is 182 Å². The number of hydrogen-bond acceptors (Lipinski definition) is 7. The molecular weight excluding hydrogens is 400 g/mol. The average Bonchev–Trinajstić information content (AvgIpc) is 3.36. The molecule has 0 aliphatic carbocycles. The molecule has 0 N–H and O–H groups in total. The van der Waals surface area contributed by atoms with Gasteiger partial charge in [0.25, 0.3) is 11.8 Å². The van der Waals surface area contributed by atoms with Crippen molar-refractivity contribution in [2.24, 2.45) is 0 Å². The molecule has 3 aliphatic heterocycles. The molecule has 2 amide bonds. The van der Waals surface area contributed by atoms with Gasteiger partial charge in [-0.3, -0.25) is 19.4 Å². The highest BCUT2D eigenvalue weighted by Crippen LogP contribution is 2.35. The Morgan fingerprint density at radius 1 is 1.10 bits per heavy atom. The molecule has 1 aromatic rings. The van der Waals surface area contributed by atoms with E-state index in [1.807, 2.05) is 24.6 Å². The first-order valence-corrected chi connectivity index (χ1v) is 11.8. The smallest absolute Gasteiger partial charge is 0.277 e. The fourth-order valence-corrected chi connectivity index (χ4v) is 5.34. The lowest BCUT2D eigenvalue weighted by Gasteiger charge is -2.36. The number of hydrogen-bond donors (Lipinski definition) is 0. The summed E-state index contributed by atoms with van der Waals surface area (Å²) in [5.74, 6) is -0.272. The van der Waals surface area contributed by atoms with E-state index in [2.05, 4.69) is 21.7 Å². The maximum atomic E-state index is 13.4. The van der Waals surface area contributed by atoms with Crippen LogP contribution in [-0.2, 0) is 14.3 Å². The van der Waals surface area contributed by atoms with Gasteiger partial charge in [0.05, 0.1) is 18.8 Å². The van der Waals surface area contributed by atoms with Crippen molar-refractivity contribution in [2.45, 2.75) is 25.3 Å². The maximum Gasteiger partial charge on any atom is 0.277 e. The molecule has 0 aromatic carbocycles. The van der Waals surface area contributed by atoms with Gasteiger partial charge in [0.1, 0.15) is 5.70 Å². The quantitative estimate of drug-likeness (QED) is 0.610. The summed E-state index contributed by atoms with van der Waals surface area (Å²) in [6, 6.07) is 4.18. The van der Waals surface area contributed by atoms with Gasteiger partial charge in [-0.1, -0.05) is 6.07 Å². The van der Waals surface area contributed by atoms with Crippen LogP contribution in [0.2, 0.25) is 0 Å². The molecule has 164 valence electrons. The molecule has 30 heavy (non-hydrogen) atoms. The SMILES string of the molecule is CN1CCC(N(C)C2=C(c3cccs3)C(=O)N(CCCN3CCOCC3)C2=O)CC1. The van der Waals surface area contributed by atoms with Crippen molar-refractivity contribution < 1.29 is 14.3 Å². The minimum atomic E-state index is -0.140. The van der Waals surface area contributed by atoms with E-state index in [0.29, 0.717) is 17.8 Å². The van der Waals surface area contributed by atoms with Crippen LogP contribution in [-0.4, -0.2) is 104 Å². The highest BCUT2D eigenvalue weighted by molar-refractivity contribution is 7.11. The Morgan fingerprint density at radius 2 is 1.83 bits per heavy atom. The van der Waals surface area contributed by atoms with Crippen molar-refractivity contribution in [1.82, 2.24) is 19.6 Å². The number of imide groups is 1. The first kappa shape index (κ1) is 21.5. The third kappa shape index (κ3) is 4.46. The van der Waals surface area contributed by atoms with Crippen molar-refractivity contribution in [1.29, 1.82) is 0 Å². The fourth-order valence-electron chi connectivity index (χ4n) is 4.58. The Morgan fingerprint density at radius 3 is 2.50 bits per heavy atom. The van der Waals surface area contributed by atoms with Crippen LogP contribution in [0.4, 0.5) is 0 Å². The van der Waals surface area contributed by atoms with Gasteiger partial charge in [0.15, 0.2) is 0 Å². The number of likely N-dealkylation sites (N-methyl/N-ethyl adjacent to an activating group) is 1. The highest BCUT2D eigenvalue weighted by atomic mass is 32.1. The van der Waals surface area contributed by atoms with Crippen LogP contribution in [0.1, 0.15) is 24.1 Å². The molecule has 0 saturated carbocycles. The second-order valence-electron chi connectivity index (χ2n) is 8.42. The summed E-state index contributed by atoms with van der Waals surface area (Å²) in [5.41, 5.74) is 1.17. The normalized spacial score (nSPS) is 22.4. The minimum Gasteiger partial charge on any atom is -0.379 e. The molecule has 1 aromatic heterocycles. The first-order chi connectivity index (χ1) is 14.6. The number of thiophene rings is 1. The van der Waals surface area contributed by atoms with E-state index in [9.17, 15) is 9.59 Å². The molecule has 4 rings (SSSR count). The molecule has 2 saturated heterocycles. The van der Waals surface area contributed by atoms with Crippen LogP contribution in [0.3, 0.4) is 0 Å². The van der Waals surface area contributed by atoms with Gasteiger partial charge in [-0.25, -0.2) is 0 Å². The van der Waals surface area contributed by atoms with Crippen molar-refractivity contribution in [2.75, 3.05) is 66.6 Å². The Hall–Kier alpha value is -1.74. The number of likely N-dealkylation sites (tertiary alicyclic amines) is 1. The summed E-state index contributed by atoms with van der Waals surface area (Å²) in [6.07, 6.45) is 2.81. The number of piperidine rings is 1. The summed E-state index contributed by atoms with van der Waals surface area (Å²) in [6.45, 7) is 6.75. The van der Waals surface area contributed by atoms with Gasteiger partial charge in [-0.2, -0.15) is 0 Å². The largest absolute Gasteiger partial charge is 0.379 e. The third-order valence-electron chi connectivity index (χ3n) is 6.46. The van der Waals surface area contributed by atoms with Crippen molar-refractivity contribution in [3.63, 3.8) is 0 Å². The second-order valence-corrected chi connectivity index (χ2v) is 9.36. The topological polar surface area (TPSA) is 56.3 Å². The number of amides is 2. The summed E-state index contributed by atoms with van der Waals surface area (Å²) >= 11 is 1.53. The molecule has 0 atom stereocenters. The summed E-state index contributed by atoms with van der Waals surface area (Å²) in [5, 5.41) is 1.97. The van der Waals surface area contributed by atoms with Crippen molar-refractivity contribution >= 4 is 28.7 Å². The molecule has 2 fully saturated rings. The molecule has 3 aliphatic rings. The Bertz CT molecular complexity index is 780. The molecule has 8 heteroatoms. The lowest BCUT2D eigenvalue weighted by atomic mass is 10.0. The molecule has 0 unspecified atom stereocenters. The van der Waals surface area contributed by atoms with Crippen molar-refractivity contribution in [3.8, 4) is 0 Å². The van der Waals surface area contributed by atoms with Crippen LogP contribution in [0.15, 0.2) is 23.2 Å². The highest BCUT2D eigenvalue weighted by Gasteiger charge is 2.42. The molecule has 0 spiro atoms. The lowest BCUT2D eigenvalue weighted by Crippen LogP contribution is -2.44. The summed E-state index contributed by atoms with van der Waals surface area (Å²) in [4.78, 5) is 35.9. The van der Waals surface area contributed by atoms with Gasteiger partial charge in [0.2, 0.25) is 0 Å². The molecule has 7 nitrogen and oxygen atoms in total. The molecular formula is C22H32N4O3S. The zero-order valence-corrected chi connectivity index (χ0v) is 18.8. The summed E-state index contributed by atoms with van der Waals surface area (Å²) in [7, 11) is 4.12.